The monoisotopic (exact) mass is 196 g/mol. The van der Waals surface area contributed by atoms with Gasteiger partial charge in [-0.15, -0.1) is 0 Å². The number of hydrogen-bond acceptors (Lipinski definition) is 3. The minimum atomic E-state index is -0.688. The molecular formula is C8H5ClN2O2. The summed E-state index contributed by atoms with van der Waals surface area (Å²) in [6.07, 6.45) is 0. The smallest absolute Gasteiger partial charge is 0.304 e. The van der Waals surface area contributed by atoms with Gasteiger partial charge in [-0.2, -0.15) is 0 Å². The van der Waals surface area contributed by atoms with Gasteiger partial charge < -0.3 is 10.2 Å². The lowest BCUT2D eigenvalue weighted by Crippen LogP contribution is -2.10. The van der Waals surface area contributed by atoms with Crippen molar-refractivity contribution in [3.8, 4) is 0 Å². The number of rotatable bonds is 1. The third-order valence-corrected chi connectivity index (χ3v) is 1.80. The van der Waals surface area contributed by atoms with Crippen molar-refractivity contribution in [1.82, 2.24) is 4.98 Å². The molecule has 0 fully saturated rings. The van der Waals surface area contributed by atoms with E-state index in [1.807, 2.05) is 0 Å². The van der Waals surface area contributed by atoms with Gasteiger partial charge in [-0.3, -0.25) is 4.79 Å². The zero-order chi connectivity index (χ0) is 9.42. The highest BCUT2D eigenvalue weighted by molar-refractivity contribution is 6.31. The molecule has 2 rings (SSSR count). The fraction of sp³-hybridized carbons (Fsp3) is 0. The Morgan fingerprint density at radius 2 is 2.31 bits per heavy atom. The Morgan fingerprint density at radius 3 is 3.00 bits per heavy atom. The molecule has 1 heterocycles. The lowest BCUT2D eigenvalue weighted by Gasteiger charge is -1.85. The fourth-order valence-corrected chi connectivity index (χ4v) is 1.17. The van der Waals surface area contributed by atoms with Crippen molar-refractivity contribution in [3.05, 3.63) is 29.1 Å². The largest absolute Gasteiger partial charge is 0.432 e. The molecule has 13 heavy (non-hydrogen) atoms. The van der Waals surface area contributed by atoms with E-state index in [4.69, 9.17) is 21.8 Å². The molecule has 66 valence electrons. The molecule has 2 aromatic rings. The molecule has 4 nitrogen and oxygen atoms in total. The number of fused-ring (bicyclic) bond motifs is 1. The third kappa shape index (κ3) is 1.36. The summed E-state index contributed by atoms with van der Waals surface area (Å²) in [5.41, 5.74) is 6.01. The van der Waals surface area contributed by atoms with Crippen LogP contribution in [0.15, 0.2) is 22.6 Å². The number of halogens is 1. The van der Waals surface area contributed by atoms with E-state index in [9.17, 15) is 4.79 Å². The number of aromatic nitrogens is 1. The lowest BCUT2D eigenvalue weighted by molar-refractivity contribution is 0.0969. The summed E-state index contributed by atoms with van der Waals surface area (Å²) in [6.45, 7) is 0. The van der Waals surface area contributed by atoms with Crippen LogP contribution in [0, 0.1) is 0 Å². The Labute approximate surface area is 78.3 Å². The predicted molar refractivity (Wildman–Crippen MR) is 47.5 cm³/mol. The molecule has 0 atom stereocenters. The maximum absolute atomic E-state index is 10.7. The second-order valence-corrected chi connectivity index (χ2v) is 2.93. The van der Waals surface area contributed by atoms with Crippen LogP contribution in [-0.2, 0) is 0 Å². The molecule has 0 radical (unpaired) electrons. The SMILES string of the molecule is NC(=O)c1nc2ccc(Cl)cc2o1. The highest BCUT2D eigenvalue weighted by atomic mass is 35.5. The maximum atomic E-state index is 10.7. The summed E-state index contributed by atoms with van der Waals surface area (Å²) in [7, 11) is 0. The molecule has 0 bridgehead atoms. The second kappa shape index (κ2) is 2.74. The van der Waals surface area contributed by atoms with E-state index < -0.39 is 5.91 Å². The van der Waals surface area contributed by atoms with Crippen molar-refractivity contribution < 1.29 is 9.21 Å². The van der Waals surface area contributed by atoms with Crippen molar-refractivity contribution in [3.63, 3.8) is 0 Å². The molecule has 0 aliphatic carbocycles. The zero-order valence-corrected chi connectivity index (χ0v) is 7.21. The van der Waals surface area contributed by atoms with Gasteiger partial charge in [0.05, 0.1) is 0 Å². The van der Waals surface area contributed by atoms with Gasteiger partial charge in [0.1, 0.15) is 5.52 Å². The van der Waals surface area contributed by atoms with Crippen molar-refractivity contribution in [2.24, 2.45) is 5.73 Å². The predicted octanol–water partition coefficient (Wildman–Crippen LogP) is 1.58. The molecule has 1 aromatic heterocycles. The summed E-state index contributed by atoms with van der Waals surface area (Å²) in [5.74, 6) is -0.787. The zero-order valence-electron chi connectivity index (χ0n) is 6.45. The number of carbonyl (C=O) groups excluding carboxylic acids is 1. The summed E-state index contributed by atoms with van der Waals surface area (Å²) < 4.78 is 5.04. The summed E-state index contributed by atoms with van der Waals surface area (Å²) in [6, 6.07) is 4.90. The molecule has 5 heteroatoms. The van der Waals surface area contributed by atoms with Crippen LogP contribution in [0.4, 0.5) is 0 Å². The van der Waals surface area contributed by atoms with Gasteiger partial charge >= 0.3 is 5.91 Å². The van der Waals surface area contributed by atoms with E-state index in [0.717, 1.165) is 0 Å². The third-order valence-electron chi connectivity index (χ3n) is 1.56. The molecule has 2 N–H and O–H groups in total. The van der Waals surface area contributed by atoms with E-state index in [1.54, 1.807) is 18.2 Å². The Kier molecular flexibility index (Phi) is 1.70. The first-order chi connectivity index (χ1) is 6.16. The molecule has 0 aliphatic heterocycles. The summed E-state index contributed by atoms with van der Waals surface area (Å²) in [5, 5.41) is 0.527. The first-order valence-corrected chi connectivity index (χ1v) is 3.90. The van der Waals surface area contributed by atoms with E-state index in [1.165, 1.54) is 0 Å². The molecule has 0 saturated heterocycles. The Balaban J connectivity index is 2.68. The summed E-state index contributed by atoms with van der Waals surface area (Å²) in [4.78, 5) is 14.5. The molecule has 0 saturated carbocycles. The maximum Gasteiger partial charge on any atom is 0.304 e. The van der Waals surface area contributed by atoms with Crippen LogP contribution in [0.2, 0.25) is 5.02 Å². The minimum Gasteiger partial charge on any atom is -0.432 e. The van der Waals surface area contributed by atoms with Crippen LogP contribution in [0.3, 0.4) is 0 Å². The first-order valence-electron chi connectivity index (χ1n) is 3.53. The van der Waals surface area contributed by atoms with Gasteiger partial charge in [0.25, 0.3) is 5.89 Å². The van der Waals surface area contributed by atoms with Gasteiger partial charge in [0, 0.05) is 11.1 Å². The molecule has 0 aliphatic rings. The number of primary amides is 1. The van der Waals surface area contributed by atoms with Crippen molar-refractivity contribution in [2.75, 3.05) is 0 Å². The molecule has 1 amide bonds. The van der Waals surface area contributed by atoms with Gasteiger partial charge in [-0.25, -0.2) is 4.98 Å². The van der Waals surface area contributed by atoms with Crippen LogP contribution in [0.5, 0.6) is 0 Å². The standard InChI is InChI=1S/C8H5ClN2O2/c9-4-1-2-5-6(3-4)13-8(11-5)7(10)12/h1-3H,(H2,10,12). The highest BCUT2D eigenvalue weighted by Gasteiger charge is 2.10. The van der Waals surface area contributed by atoms with Crippen LogP contribution in [0.1, 0.15) is 10.7 Å². The van der Waals surface area contributed by atoms with Crippen LogP contribution >= 0.6 is 11.6 Å². The van der Waals surface area contributed by atoms with Gasteiger partial charge in [0.15, 0.2) is 5.58 Å². The van der Waals surface area contributed by atoms with E-state index in [2.05, 4.69) is 4.98 Å². The molecular weight excluding hydrogens is 192 g/mol. The minimum absolute atomic E-state index is 0.0998. The van der Waals surface area contributed by atoms with Gasteiger partial charge in [0.2, 0.25) is 0 Å². The highest BCUT2D eigenvalue weighted by Crippen LogP contribution is 2.19. The van der Waals surface area contributed by atoms with Crippen LogP contribution < -0.4 is 5.73 Å². The Hall–Kier alpha value is -1.55. The number of oxazole rings is 1. The number of carbonyl (C=O) groups is 1. The van der Waals surface area contributed by atoms with E-state index in [0.29, 0.717) is 16.1 Å². The molecule has 0 unspecified atom stereocenters. The summed E-state index contributed by atoms with van der Waals surface area (Å²) >= 11 is 5.70. The topological polar surface area (TPSA) is 69.1 Å². The first kappa shape index (κ1) is 8.07. The Bertz CT molecular complexity index is 478. The van der Waals surface area contributed by atoms with Gasteiger partial charge in [-0.1, -0.05) is 11.6 Å². The number of nitrogens with zero attached hydrogens (tertiary/aromatic N) is 1. The molecule has 1 aromatic carbocycles. The van der Waals surface area contributed by atoms with Crippen LogP contribution in [-0.4, -0.2) is 10.9 Å². The average Bonchev–Trinajstić information content (AvgIpc) is 2.46. The quantitative estimate of drug-likeness (QED) is 0.753. The average molecular weight is 197 g/mol. The Morgan fingerprint density at radius 1 is 1.54 bits per heavy atom. The van der Waals surface area contributed by atoms with E-state index >= 15 is 0 Å². The lowest BCUT2D eigenvalue weighted by atomic mass is 10.3. The van der Waals surface area contributed by atoms with Crippen LogP contribution in [0.25, 0.3) is 11.1 Å². The van der Waals surface area contributed by atoms with Gasteiger partial charge in [-0.05, 0) is 12.1 Å². The van der Waals surface area contributed by atoms with Crippen molar-refractivity contribution in [1.29, 1.82) is 0 Å². The number of benzene rings is 1. The normalized spacial score (nSPS) is 10.5. The van der Waals surface area contributed by atoms with Crippen molar-refractivity contribution in [2.45, 2.75) is 0 Å². The van der Waals surface area contributed by atoms with Crippen molar-refractivity contribution >= 4 is 28.6 Å². The number of nitrogens with two attached hydrogens (primary N) is 1. The van der Waals surface area contributed by atoms with E-state index in [-0.39, 0.29) is 5.89 Å². The number of amides is 1. The molecule has 0 spiro atoms. The fourth-order valence-electron chi connectivity index (χ4n) is 1.00. The number of hydrogen-bond donors (Lipinski definition) is 1. The second-order valence-electron chi connectivity index (χ2n) is 2.50.